The summed E-state index contributed by atoms with van der Waals surface area (Å²) in [5, 5.41) is 15.4. The smallest absolute Gasteiger partial charge is 0.407 e. The van der Waals surface area contributed by atoms with Crippen LogP contribution in [0.25, 0.3) is 11.3 Å². The molecule has 0 fully saturated rings. The number of halogens is 1. The molecule has 3 aromatic rings. The predicted molar refractivity (Wildman–Crippen MR) is 131 cm³/mol. The van der Waals surface area contributed by atoms with E-state index in [4.69, 9.17) is 21.4 Å². The van der Waals surface area contributed by atoms with E-state index in [1.165, 1.54) is 6.08 Å². The van der Waals surface area contributed by atoms with Gasteiger partial charge < -0.3 is 20.5 Å². The summed E-state index contributed by atoms with van der Waals surface area (Å²) in [6.45, 7) is 6.29. The van der Waals surface area contributed by atoms with Crippen LogP contribution in [-0.4, -0.2) is 40.9 Å². The SMILES string of the molecule is C=CCOC(=O)NCC(C)c1ccc(-c2nc(Nc3ccc(CCO)cc3)ncc2Cl)cc1. The standard InChI is InChI=1S/C25H27ClN4O3/c1-3-14-33-25(32)28-15-17(2)19-6-8-20(9-7-19)23-22(26)16-27-24(30-23)29-21-10-4-18(5-11-21)12-13-31/h3-11,16-17,31H,1,12-15H2,2H3,(H,28,32)(H,27,29,30). The Morgan fingerprint density at radius 3 is 2.61 bits per heavy atom. The Morgan fingerprint density at radius 1 is 1.21 bits per heavy atom. The number of nitrogens with zero attached hydrogens (tertiary/aromatic N) is 2. The Kier molecular flexibility index (Phi) is 8.80. The number of aromatic nitrogens is 2. The summed E-state index contributed by atoms with van der Waals surface area (Å²) in [6, 6.07) is 15.6. The molecule has 1 aromatic heterocycles. The first kappa shape index (κ1) is 24.2. The van der Waals surface area contributed by atoms with Crippen molar-refractivity contribution >= 4 is 29.3 Å². The third kappa shape index (κ3) is 7.03. The molecule has 0 bridgehead atoms. The number of benzene rings is 2. The summed E-state index contributed by atoms with van der Waals surface area (Å²) in [4.78, 5) is 20.5. The van der Waals surface area contributed by atoms with E-state index in [9.17, 15) is 4.79 Å². The highest BCUT2D eigenvalue weighted by Crippen LogP contribution is 2.28. The van der Waals surface area contributed by atoms with E-state index in [0.29, 0.717) is 29.6 Å². The molecule has 0 saturated carbocycles. The zero-order chi connectivity index (χ0) is 23.6. The van der Waals surface area contributed by atoms with E-state index in [2.05, 4.69) is 27.2 Å². The quantitative estimate of drug-likeness (QED) is 0.360. The summed E-state index contributed by atoms with van der Waals surface area (Å²) >= 11 is 6.37. The molecule has 0 saturated heterocycles. The van der Waals surface area contributed by atoms with Crippen molar-refractivity contribution in [3.8, 4) is 11.3 Å². The molecule has 1 atom stereocenters. The second kappa shape index (κ2) is 12.0. The summed E-state index contributed by atoms with van der Waals surface area (Å²) in [5.74, 6) is 0.534. The van der Waals surface area contributed by atoms with Crippen LogP contribution in [0, 0.1) is 0 Å². The molecule has 2 aromatic carbocycles. The maximum absolute atomic E-state index is 11.6. The molecule has 33 heavy (non-hydrogen) atoms. The zero-order valence-electron chi connectivity index (χ0n) is 18.4. The number of carbonyl (C=O) groups excluding carboxylic acids is 1. The van der Waals surface area contributed by atoms with Gasteiger partial charge in [0.2, 0.25) is 5.95 Å². The Labute approximate surface area is 198 Å². The van der Waals surface area contributed by atoms with Crippen molar-refractivity contribution in [2.75, 3.05) is 25.1 Å². The number of alkyl carbamates (subject to hydrolysis) is 1. The van der Waals surface area contributed by atoms with Crippen LogP contribution < -0.4 is 10.6 Å². The fourth-order valence-electron chi connectivity index (χ4n) is 3.15. The molecule has 0 aliphatic carbocycles. The minimum Gasteiger partial charge on any atom is -0.445 e. The van der Waals surface area contributed by atoms with Crippen molar-refractivity contribution in [2.45, 2.75) is 19.3 Å². The van der Waals surface area contributed by atoms with Crippen molar-refractivity contribution in [1.82, 2.24) is 15.3 Å². The molecule has 0 aliphatic rings. The van der Waals surface area contributed by atoms with Crippen LogP contribution in [0.2, 0.25) is 5.02 Å². The van der Waals surface area contributed by atoms with Gasteiger partial charge in [-0.25, -0.2) is 14.8 Å². The van der Waals surface area contributed by atoms with Gasteiger partial charge in [0, 0.05) is 24.4 Å². The minimum atomic E-state index is -0.464. The van der Waals surface area contributed by atoms with Gasteiger partial charge in [0.1, 0.15) is 6.61 Å². The number of nitrogens with one attached hydrogen (secondary N) is 2. The van der Waals surface area contributed by atoms with Gasteiger partial charge in [0.05, 0.1) is 16.9 Å². The first-order valence-corrected chi connectivity index (χ1v) is 11.0. The average molecular weight is 467 g/mol. The van der Waals surface area contributed by atoms with Crippen molar-refractivity contribution in [1.29, 1.82) is 0 Å². The summed E-state index contributed by atoms with van der Waals surface area (Å²) in [6.07, 6.45) is 3.25. The van der Waals surface area contributed by atoms with Gasteiger partial charge in [-0.1, -0.05) is 67.6 Å². The van der Waals surface area contributed by atoms with Gasteiger partial charge in [-0.3, -0.25) is 0 Å². The van der Waals surface area contributed by atoms with Crippen LogP contribution in [0.15, 0.2) is 67.4 Å². The van der Waals surface area contributed by atoms with Gasteiger partial charge in [0.15, 0.2) is 0 Å². The first-order chi connectivity index (χ1) is 16.0. The fourth-order valence-corrected chi connectivity index (χ4v) is 3.35. The highest BCUT2D eigenvalue weighted by Gasteiger charge is 2.12. The van der Waals surface area contributed by atoms with Crippen molar-refractivity contribution in [2.24, 2.45) is 0 Å². The lowest BCUT2D eigenvalue weighted by Gasteiger charge is -2.14. The summed E-state index contributed by atoms with van der Waals surface area (Å²) in [7, 11) is 0. The highest BCUT2D eigenvalue weighted by molar-refractivity contribution is 6.32. The largest absolute Gasteiger partial charge is 0.445 e. The second-order valence-electron chi connectivity index (χ2n) is 7.48. The maximum atomic E-state index is 11.6. The van der Waals surface area contributed by atoms with Gasteiger partial charge >= 0.3 is 6.09 Å². The lowest BCUT2D eigenvalue weighted by atomic mass is 9.99. The number of aliphatic hydroxyl groups excluding tert-OH is 1. The number of anilines is 2. The van der Waals surface area contributed by atoms with E-state index in [-0.39, 0.29) is 19.1 Å². The molecular formula is C25H27ClN4O3. The average Bonchev–Trinajstić information content (AvgIpc) is 2.84. The van der Waals surface area contributed by atoms with E-state index >= 15 is 0 Å². The van der Waals surface area contributed by atoms with Crippen molar-refractivity contribution < 1.29 is 14.6 Å². The number of amides is 1. The maximum Gasteiger partial charge on any atom is 0.407 e. The van der Waals surface area contributed by atoms with Gasteiger partial charge in [-0.15, -0.1) is 0 Å². The Hall–Kier alpha value is -3.42. The number of aliphatic hydroxyl groups is 1. The minimum absolute atomic E-state index is 0.0993. The molecule has 0 radical (unpaired) electrons. The first-order valence-electron chi connectivity index (χ1n) is 10.6. The molecule has 7 nitrogen and oxygen atoms in total. The predicted octanol–water partition coefficient (Wildman–Crippen LogP) is 5.09. The van der Waals surface area contributed by atoms with Gasteiger partial charge in [-0.2, -0.15) is 0 Å². The Balaban J connectivity index is 1.67. The third-order valence-corrected chi connectivity index (χ3v) is 5.27. The molecule has 0 aliphatic heterocycles. The molecular weight excluding hydrogens is 440 g/mol. The molecule has 1 heterocycles. The van der Waals surface area contributed by atoms with Crippen LogP contribution >= 0.6 is 11.6 Å². The third-order valence-electron chi connectivity index (χ3n) is 4.99. The molecule has 1 unspecified atom stereocenters. The summed E-state index contributed by atoms with van der Waals surface area (Å²) < 4.78 is 4.93. The van der Waals surface area contributed by atoms with E-state index in [0.717, 1.165) is 22.4 Å². The van der Waals surface area contributed by atoms with Crippen molar-refractivity contribution in [3.05, 3.63) is 83.5 Å². The molecule has 1 amide bonds. The van der Waals surface area contributed by atoms with Crippen molar-refractivity contribution in [3.63, 3.8) is 0 Å². The van der Waals surface area contributed by atoms with E-state index in [1.807, 2.05) is 55.5 Å². The fraction of sp³-hybridized carbons (Fsp3) is 0.240. The van der Waals surface area contributed by atoms with Crippen LogP contribution in [0.4, 0.5) is 16.4 Å². The number of ether oxygens (including phenoxy) is 1. The monoisotopic (exact) mass is 466 g/mol. The van der Waals surface area contributed by atoms with Crippen LogP contribution in [0.3, 0.4) is 0 Å². The van der Waals surface area contributed by atoms with Crippen LogP contribution in [0.5, 0.6) is 0 Å². The van der Waals surface area contributed by atoms with E-state index < -0.39 is 6.09 Å². The lowest BCUT2D eigenvalue weighted by Crippen LogP contribution is -2.28. The Morgan fingerprint density at radius 2 is 1.94 bits per heavy atom. The molecule has 172 valence electrons. The van der Waals surface area contributed by atoms with Gasteiger partial charge in [-0.05, 0) is 35.6 Å². The van der Waals surface area contributed by atoms with Crippen LogP contribution in [-0.2, 0) is 11.2 Å². The molecule has 0 spiro atoms. The molecule has 3 rings (SSSR count). The zero-order valence-corrected chi connectivity index (χ0v) is 19.2. The number of rotatable bonds is 10. The number of carbonyl (C=O) groups is 1. The Bertz CT molecular complexity index is 1070. The number of hydrogen-bond donors (Lipinski definition) is 3. The molecule has 3 N–H and O–H groups in total. The topological polar surface area (TPSA) is 96.4 Å². The second-order valence-corrected chi connectivity index (χ2v) is 7.88. The van der Waals surface area contributed by atoms with Crippen LogP contribution in [0.1, 0.15) is 24.0 Å². The van der Waals surface area contributed by atoms with E-state index in [1.54, 1.807) is 6.20 Å². The van der Waals surface area contributed by atoms with Gasteiger partial charge in [0.25, 0.3) is 0 Å². The lowest BCUT2D eigenvalue weighted by molar-refractivity contribution is 0.158. The molecule has 8 heteroatoms. The normalized spacial score (nSPS) is 11.5. The number of hydrogen-bond acceptors (Lipinski definition) is 6. The highest BCUT2D eigenvalue weighted by atomic mass is 35.5. The summed E-state index contributed by atoms with van der Waals surface area (Å²) in [5.41, 5.74) is 4.44.